The Morgan fingerprint density at radius 3 is 2.78 bits per heavy atom. The standard InChI is InChI=1S/C19H23FN2O/c1-23-19-7-6-15(12-18(19)20)13-21-9-11-22-10-8-16-4-2-3-5-17(16)14-22/h2-7,12,21H,8-11,13-14H2,1H3. The summed E-state index contributed by atoms with van der Waals surface area (Å²) in [6.07, 6.45) is 1.12. The number of hydrogen-bond donors (Lipinski definition) is 1. The summed E-state index contributed by atoms with van der Waals surface area (Å²) in [5, 5.41) is 3.39. The Kier molecular flexibility index (Phi) is 5.26. The van der Waals surface area contributed by atoms with E-state index >= 15 is 0 Å². The fourth-order valence-corrected chi connectivity index (χ4v) is 3.03. The van der Waals surface area contributed by atoms with Crippen molar-refractivity contribution in [2.24, 2.45) is 0 Å². The van der Waals surface area contributed by atoms with Crippen LogP contribution in [0.15, 0.2) is 42.5 Å². The van der Waals surface area contributed by atoms with E-state index in [0.717, 1.165) is 38.2 Å². The second-order valence-corrected chi connectivity index (χ2v) is 5.94. The predicted molar refractivity (Wildman–Crippen MR) is 90.1 cm³/mol. The van der Waals surface area contributed by atoms with Crippen molar-refractivity contribution in [3.63, 3.8) is 0 Å². The number of nitrogens with one attached hydrogen (secondary N) is 1. The monoisotopic (exact) mass is 314 g/mol. The molecule has 4 heteroatoms. The van der Waals surface area contributed by atoms with Gasteiger partial charge in [-0.15, -0.1) is 0 Å². The van der Waals surface area contributed by atoms with Crippen molar-refractivity contribution in [1.29, 1.82) is 0 Å². The number of methoxy groups -OCH3 is 1. The Balaban J connectivity index is 1.43. The average Bonchev–Trinajstić information content (AvgIpc) is 2.59. The lowest BCUT2D eigenvalue weighted by molar-refractivity contribution is 0.254. The second kappa shape index (κ2) is 7.57. The van der Waals surface area contributed by atoms with Crippen molar-refractivity contribution >= 4 is 0 Å². The molecule has 0 saturated carbocycles. The molecule has 0 aromatic heterocycles. The Hall–Kier alpha value is -1.91. The molecule has 0 atom stereocenters. The van der Waals surface area contributed by atoms with Crippen LogP contribution in [0.25, 0.3) is 0 Å². The van der Waals surface area contributed by atoms with Crippen LogP contribution >= 0.6 is 0 Å². The van der Waals surface area contributed by atoms with E-state index in [1.165, 1.54) is 24.3 Å². The first-order valence-corrected chi connectivity index (χ1v) is 8.08. The first-order chi connectivity index (χ1) is 11.3. The third-order valence-corrected chi connectivity index (χ3v) is 4.36. The number of benzene rings is 2. The quantitative estimate of drug-likeness (QED) is 0.830. The minimum atomic E-state index is -0.306. The summed E-state index contributed by atoms with van der Waals surface area (Å²) in [5.74, 6) is -0.0137. The van der Waals surface area contributed by atoms with E-state index in [1.54, 1.807) is 6.07 Å². The van der Waals surface area contributed by atoms with Crippen LogP contribution in [0.2, 0.25) is 0 Å². The van der Waals surface area contributed by atoms with Crippen LogP contribution in [0.4, 0.5) is 4.39 Å². The highest BCUT2D eigenvalue weighted by Gasteiger charge is 2.14. The van der Waals surface area contributed by atoms with E-state index in [2.05, 4.69) is 34.5 Å². The molecule has 2 aromatic rings. The fraction of sp³-hybridized carbons (Fsp3) is 0.368. The fourth-order valence-electron chi connectivity index (χ4n) is 3.03. The lowest BCUT2D eigenvalue weighted by Gasteiger charge is -2.28. The van der Waals surface area contributed by atoms with Crippen molar-refractivity contribution in [2.45, 2.75) is 19.5 Å². The zero-order valence-electron chi connectivity index (χ0n) is 13.5. The third kappa shape index (κ3) is 4.09. The van der Waals surface area contributed by atoms with Gasteiger partial charge in [0, 0.05) is 32.7 Å². The molecule has 23 heavy (non-hydrogen) atoms. The zero-order chi connectivity index (χ0) is 16.1. The van der Waals surface area contributed by atoms with Gasteiger partial charge in [-0.1, -0.05) is 30.3 Å². The van der Waals surface area contributed by atoms with Crippen molar-refractivity contribution in [1.82, 2.24) is 10.2 Å². The van der Waals surface area contributed by atoms with Gasteiger partial charge >= 0.3 is 0 Å². The summed E-state index contributed by atoms with van der Waals surface area (Å²) in [4.78, 5) is 2.46. The van der Waals surface area contributed by atoms with E-state index in [1.807, 2.05) is 6.07 Å². The number of rotatable bonds is 6. The van der Waals surface area contributed by atoms with E-state index in [9.17, 15) is 4.39 Å². The smallest absolute Gasteiger partial charge is 0.165 e. The molecule has 0 spiro atoms. The molecule has 0 fully saturated rings. The molecule has 0 unspecified atom stereocenters. The van der Waals surface area contributed by atoms with Gasteiger partial charge < -0.3 is 10.1 Å². The molecule has 3 rings (SSSR count). The van der Waals surface area contributed by atoms with Gasteiger partial charge in [-0.3, -0.25) is 4.90 Å². The van der Waals surface area contributed by atoms with E-state index in [0.29, 0.717) is 12.3 Å². The number of nitrogens with zero attached hydrogens (tertiary/aromatic N) is 1. The van der Waals surface area contributed by atoms with Crippen molar-refractivity contribution < 1.29 is 9.13 Å². The highest BCUT2D eigenvalue weighted by molar-refractivity contribution is 5.30. The molecule has 1 N–H and O–H groups in total. The molecule has 0 bridgehead atoms. The van der Waals surface area contributed by atoms with Gasteiger partial charge in [0.1, 0.15) is 0 Å². The Labute approximate surface area is 137 Å². The maximum absolute atomic E-state index is 13.6. The summed E-state index contributed by atoms with van der Waals surface area (Å²) >= 11 is 0. The van der Waals surface area contributed by atoms with Gasteiger partial charge in [0.15, 0.2) is 11.6 Å². The van der Waals surface area contributed by atoms with Crippen LogP contribution in [0, 0.1) is 5.82 Å². The van der Waals surface area contributed by atoms with Crippen LogP contribution in [-0.2, 0) is 19.5 Å². The molecular weight excluding hydrogens is 291 g/mol. The summed E-state index contributed by atoms with van der Waals surface area (Å²) in [6, 6.07) is 13.8. The summed E-state index contributed by atoms with van der Waals surface area (Å²) < 4.78 is 18.6. The van der Waals surface area contributed by atoms with E-state index in [-0.39, 0.29) is 5.82 Å². The second-order valence-electron chi connectivity index (χ2n) is 5.94. The normalized spacial score (nSPS) is 14.5. The summed E-state index contributed by atoms with van der Waals surface area (Å²) in [7, 11) is 1.48. The average molecular weight is 314 g/mol. The van der Waals surface area contributed by atoms with Gasteiger partial charge in [-0.05, 0) is 35.2 Å². The topological polar surface area (TPSA) is 24.5 Å². The molecule has 2 aromatic carbocycles. The van der Waals surface area contributed by atoms with Crippen LogP contribution in [0.1, 0.15) is 16.7 Å². The van der Waals surface area contributed by atoms with Gasteiger partial charge in [0.25, 0.3) is 0 Å². The van der Waals surface area contributed by atoms with E-state index in [4.69, 9.17) is 4.74 Å². The minimum Gasteiger partial charge on any atom is -0.494 e. The molecule has 1 aliphatic rings. The number of halogens is 1. The van der Waals surface area contributed by atoms with Crippen LogP contribution in [0.5, 0.6) is 5.75 Å². The summed E-state index contributed by atoms with van der Waals surface area (Å²) in [5.41, 5.74) is 3.86. The third-order valence-electron chi connectivity index (χ3n) is 4.36. The van der Waals surface area contributed by atoms with Crippen molar-refractivity contribution in [3.05, 3.63) is 65.0 Å². The van der Waals surface area contributed by atoms with Crippen LogP contribution < -0.4 is 10.1 Å². The molecule has 3 nitrogen and oxygen atoms in total. The van der Waals surface area contributed by atoms with Crippen LogP contribution in [0.3, 0.4) is 0 Å². The SMILES string of the molecule is COc1ccc(CNCCN2CCc3ccccc3C2)cc1F. The molecule has 1 heterocycles. The predicted octanol–water partition coefficient (Wildman–Crippen LogP) is 2.98. The van der Waals surface area contributed by atoms with Crippen LogP contribution in [-0.4, -0.2) is 31.6 Å². The lowest BCUT2D eigenvalue weighted by atomic mass is 10.00. The molecule has 122 valence electrons. The maximum Gasteiger partial charge on any atom is 0.165 e. The molecule has 0 saturated heterocycles. The van der Waals surface area contributed by atoms with Gasteiger partial charge in [-0.2, -0.15) is 0 Å². The molecule has 1 aliphatic heterocycles. The largest absolute Gasteiger partial charge is 0.494 e. The highest BCUT2D eigenvalue weighted by atomic mass is 19.1. The van der Waals surface area contributed by atoms with Gasteiger partial charge in [0.2, 0.25) is 0 Å². The van der Waals surface area contributed by atoms with Gasteiger partial charge in [-0.25, -0.2) is 4.39 Å². The maximum atomic E-state index is 13.6. The number of ether oxygens (including phenoxy) is 1. The van der Waals surface area contributed by atoms with Gasteiger partial charge in [0.05, 0.1) is 7.11 Å². The molecule has 0 radical (unpaired) electrons. The first kappa shape index (κ1) is 16.0. The molecule has 0 amide bonds. The molecule has 0 aliphatic carbocycles. The first-order valence-electron chi connectivity index (χ1n) is 8.08. The Bertz CT molecular complexity index is 660. The summed E-state index contributed by atoms with van der Waals surface area (Å²) in [6.45, 7) is 4.71. The van der Waals surface area contributed by atoms with E-state index < -0.39 is 0 Å². The minimum absolute atomic E-state index is 0.292. The highest BCUT2D eigenvalue weighted by Crippen LogP contribution is 2.18. The zero-order valence-corrected chi connectivity index (χ0v) is 13.5. The van der Waals surface area contributed by atoms with Crippen molar-refractivity contribution in [2.75, 3.05) is 26.7 Å². The van der Waals surface area contributed by atoms with Crippen molar-refractivity contribution in [3.8, 4) is 5.75 Å². The number of fused-ring (bicyclic) bond motifs is 1. The Morgan fingerprint density at radius 1 is 1.17 bits per heavy atom. The molecular formula is C19H23FN2O. The lowest BCUT2D eigenvalue weighted by Crippen LogP contribution is -2.35. The number of hydrogen-bond acceptors (Lipinski definition) is 3. The Morgan fingerprint density at radius 2 is 2.00 bits per heavy atom.